The Bertz CT molecular complexity index is 462. The first kappa shape index (κ1) is 14.0. The monoisotopic (exact) mass is 251 g/mol. The third-order valence-electron chi connectivity index (χ3n) is 2.33. The van der Waals surface area contributed by atoms with Crippen LogP contribution in [0.15, 0.2) is 23.1 Å². The van der Waals surface area contributed by atoms with Crippen LogP contribution in [0.1, 0.15) is 28.8 Å². The number of esters is 1. The summed E-state index contributed by atoms with van der Waals surface area (Å²) in [5.41, 5.74) is 0.343. The van der Waals surface area contributed by atoms with E-state index in [1.54, 1.807) is 26.0 Å². The Morgan fingerprint density at radius 2 is 2.22 bits per heavy atom. The van der Waals surface area contributed by atoms with Crippen molar-refractivity contribution in [1.82, 2.24) is 5.32 Å². The van der Waals surface area contributed by atoms with Crippen LogP contribution >= 0.6 is 0 Å². The quantitative estimate of drug-likeness (QED) is 0.639. The number of furan rings is 1. The largest absolute Gasteiger partial charge is 0.466 e. The van der Waals surface area contributed by atoms with Crippen LogP contribution in [0, 0.1) is 13.8 Å². The second-order valence-electron chi connectivity index (χ2n) is 3.91. The average molecular weight is 251 g/mol. The Balaban J connectivity index is 2.62. The average Bonchev–Trinajstić information content (AvgIpc) is 2.65. The van der Waals surface area contributed by atoms with Gasteiger partial charge < -0.3 is 14.5 Å². The molecule has 0 aliphatic carbocycles. The zero-order chi connectivity index (χ0) is 13.7. The molecule has 98 valence electrons. The summed E-state index contributed by atoms with van der Waals surface area (Å²) >= 11 is 0. The molecule has 1 rings (SSSR count). The zero-order valence-corrected chi connectivity index (χ0v) is 10.8. The van der Waals surface area contributed by atoms with Crippen LogP contribution in [-0.4, -0.2) is 24.5 Å². The van der Waals surface area contributed by atoms with E-state index >= 15 is 0 Å². The first-order chi connectivity index (χ1) is 8.45. The van der Waals surface area contributed by atoms with Crippen LogP contribution in [0.25, 0.3) is 0 Å². The van der Waals surface area contributed by atoms with Crippen molar-refractivity contribution in [2.45, 2.75) is 26.9 Å². The molecule has 1 aromatic heterocycles. The lowest BCUT2D eigenvalue weighted by Gasteiger charge is -2.12. The van der Waals surface area contributed by atoms with Crippen molar-refractivity contribution in [1.29, 1.82) is 0 Å². The summed E-state index contributed by atoms with van der Waals surface area (Å²) in [6, 6.07) is 1.59. The standard InChI is InChI=1S/C13H17NO4/c1-5-6-14-12(15)10(4)18-13(16)11-7-8(2)17-9(11)3/h5,7,10H,1,6H2,2-4H3,(H,14,15). The lowest BCUT2D eigenvalue weighted by molar-refractivity contribution is -0.128. The molecule has 5 nitrogen and oxygen atoms in total. The molecule has 1 amide bonds. The smallest absolute Gasteiger partial charge is 0.342 e. The minimum absolute atomic E-state index is 0.338. The maximum absolute atomic E-state index is 11.8. The van der Waals surface area contributed by atoms with Crippen LogP contribution in [0.3, 0.4) is 0 Å². The molecule has 5 heteroatoms. The Hall–Kier alpha value is -2.04. The fourth-order valence-corrected chi connectivity index (χ4v) is 1.43. The molecule has 0 fully saturated rings. The summed E-state index contributed by atoms with van der Waals surface area (Å²) in [6.07, 6.45) is 0.697. The molecule has 1 N–H and O–H groups in total. The number of rotatable bonds is 5. The van der Waals surface area contributed by atoms with Gasteiger partial charge >= 0.3 is 5.97 Å². The molecule has 0 aromatic carbocycles. The van der Waals surface area contributed by atoms with Gasteiger partial charge in [0.25, 0.3) is 5.91 Å². The van der Waals surface area contributed by atoms with Crippen LogP contribution in [0.2, 0.25) is 0 Å². The predicted octanol–water partition coefficient (Wildman–Crippen LogP) is 1.74. The van der Waals surface area contributed by atoms with Gasteiger partial charge in [-0.1, -0.05) is 6.08 Å². The van der Waals surface area contributed by atoms with Gasteiger partial charge in [-0.2, -0.15) is 0 Å². The zero-order valence-electron chi connectivity index (χ0n) is 10.8. The first-order valence-corrected chi connectivity index (χ1v) is 5.62. The van der Waals surface area contributed by atoms with Crippen molar-refractivity contribution in [2.24, 2.45) is 0 Å². The number of amides is 1. The lowest BCUT2D eigenvalue weighted by Crippen LogP contribution is -2.35. The number of hydrogen-bond acceptors (Lipinski definition) is 4. The Labute approximate surface area is 106 Å². The molecule has 1 aromatic rings. The van der Waals surface area contributed by atoms with E-state index < -0.39 is 12.1 Å². The van der Waals surface area contributed by atoms with Crippen molar-refractivity contribution in [2.75, 3.05) is 6.54 Å². The van der Waals surface area contributed by atoms with E-state index in [0.717, 1.165) is 0 Å². The van der Waals surface area contributed by atoms with Crippen molar-refractivity contribution in [3.8, 4) is 0 Å². The van der Waals surface area contributed by atoms with Gasteiger partial charge in [-0.05, 0) is 26.8 Å². The molecule has 0 bridgehead atoms. The molecule has 0 aliphatic heterocycles. The van der Waals surface area contributed by atoms with Gasteiger partial charge in [-0.15, -0.1) is 6.58 Å². The second-order valence-corrected chi connectivity index (χ2v) is 3.91. The number of hydrogen-bond donors (Lipinski definition) is 1. The minimum atomic E-state index is -0.855. The summed E-state index contributed by atoms with van der Waals surface area (Å²) in [5.74, 6) is 0.186. The lowest BCUT2D eigenvalue weighted by atomic mass is 10.2. The van der Waals surface area contributed by atoms with E-state index in [0.29, 0.717) is 23.6 Å². The highest BCUT2D eigenvalue weighted by Gasteiger charge is 2.21. The number of carbonyl (C=O) groups excluding carboxylic acids is 2. The summed E-state index contributed by atoms with van der Waals surface area (Å²) in [6.45, 7) is 8.74. The minimum Gasteiger partial charge on any atom is -0.466 e. The highest BCUT2D eigenvalue weighted by Crippen LogP contribution is 2.15. The highest BCUT2D eigenvalue weighted by atomic mass is 16.5. The fraction of sp³-hybridized carbons (Fsp3) is 0.385. The van der Waals surface area contributed by atoms with E-state index in [1.165, 1.54) is 6.92 Å². The topological polar surface area (TPSA) is 68.5 Å². The van der Waals surface area contributed by atoms with E-state index in [4.69, 9.17) is 9.15 Å². The normalized spacial score (nSPS) is 11.7. The van der Waals surface area contributed by atoms with Crippen molar-refractivity contribution in [3.05, 3.63) is 35.8 Å². The number of carbonyl (C=O) groups is 2. The Kier molecular flexibility index (Phi) is 4.71. The predicted molar refractivity (Wildman–Crippen MR) is 66.3 cm³/mol. The van der Waals surface area contributed by atoms with Crippen molar-refractivity contribution >= 4 is 11.9 Å². The maximum atomic E-state index is 11.8. The molecule has 1 heterocycles. The highest BCUT2D eigenvalue weighted by molar-refractivity contribution is 5.93. The van der Waals surface area contributed by atoms with E-state index in [9.17, 15) is 9.59 Å². The van der Waals surface area contributed by atoms with Crippen molar-refractivity contribution in [3.63, 3.8) is 0 Å². The Morgan fingerprint density at radius 3 is 2.72 bits per heavy atom. The molecule has 0 radical (unpaired) electrons. The second kappa shape index (κ2) is 6.05. The third-order valence-corrected chi connectivity index (χ3v) is 2.33. The van der Waals surface area contributed by atoms with Gasteiger partial charge in [0.1, 0.15) is 17.1 Å². The van der Waals surface area contributed by atoms with Gasteiger partial charge in [0.2, 0.25) is 0 Å². The van der Waals surface area contributed by atoms with Crippen LogP contribution in [-0.2, 0) is 9.53 Å². The molecule has 1 unspecified atom stereocenters. The van der Waals surface area contributed by atoms with E-state index in [-0.39, 0.29) is 5.91 Å². The van der Waals surface area contributed by atoms with Crippen LogP contribution in [0.4, 0.5) is 0 Å². The van der Waals surface area contributed by atoms with Crippen molar-refractivity contribution < 1.29 is 18.7 Å². The van der Waals surface area contributed by atoms with Gasteiger partial charge in [0.05, 0.1) is 0 Å². The molecule has 0 spiro atoms. The van der Waals surface area contributed by atoms with Gasteiger partial charge in [-0.3, -0.25) is 4.79 Å². The first-order valence-electron chi connectivity index (χ1n) is 5.62. The number of ether oxygens (including phenoxy) is 1. The molecule has 0 saturated carbocycles. The number of nitrogens with one attached hydrogen (secondary N) is 1. The SMILES string of the molecule is C=CCNC(=O)C(C)OC(=O)c1cc(C)oc1C. The molecular formula is C13H17NO4. The molecular weight excluding hydrogens is 234 g/mol. The van der Waals surface area contributed by atoms with Crippen LogP contribution < -0.4 is 5.32 Å². The fourth-order valence-electron chi connectivity index (χ4n) is 1.43. The summed E-state index contributed by atoms with van der Waals surface area (Å²) in [7, 11) is 0. The summed E-state index contributed by atoms with van der Waals surface area (Å²) < 4.78 is 10.3. The van der Waals surface area contributed by atoms with Gasteiger partial charge in [0, 0.05) is 6.54 Å². The molecule has 0 aliphatic rings. The molecule has 1 atom stereocenters. The molecule has 18 heavy (non-hydrogen) atoms. The van der Waals surface area contributed by atoms with E-state index in [2.05, 4.69) is 11.9 Å². The maximum Gasteiger partial charge on any atom is 0.342 e. The van der Waals surface area contributed by atoms with Gasteiger partial charge in [0.15, 0.2) is 6.10 Å². The molecule has 0 saturated heterocycles. The summed E-state index contributed by atoms with van der Waals surface area (Å²) in [5, 5.41) is 2.55. The Morgan fingerprint density at radius 1 is 1.56 bits per heavy atom. The number of aryl methyl sites for hydroxylation is 2. The van der Waals surface area contributed by atoms with Crippen LogP contribution in [0.5, 0.6) is 0 Å². The van der Waals surface area contributed by atoms with Gasteiger partial charge in [-0.25, -0.2) is 4.79 Å². The third kappa shape index (κ3) is 3.48. The van der Waals surface area contributed by atoms with E-state index in [1.807, 2.05) is 0 Å². The summed E-state index contributed by atoms with van der Waals surface area (Å²) in [4.78, 5) is 23.3.